The highest BCUT2D eigenvalue weighted by Gasteiger charge is 2.11. The molecule has 0 aliphatic heterocycles. The van der Waals surface area contributed by atoms with Crippen molar-refractivity contribution in [1.29, 1.82) is 0 Å². The molecule has 1 aromatic carbocycles. The lowest BCUT2D eigenvalue weighted by Crippen LogP contribution is -2.22. The highest BCUT2D eigenvalue weighted by molar-refractivity contribution is 14.1. The van der Waals surface area contributed by atoms with Crippen LogP contribution in [0.3, 0.4) is 0 Å². The molecule has 0 saturated carbocycles. The maximum Gasteiger partial charge on any atom is 0.262 e. The van der Waals surface area contributed by atoms with Gasteiger partial charge in [0.15, 0.2) is 0 Å². The van der Waals surface area contributed by atoms with E-state index in [4.69, 9.17) is 11.6 Å². The Bertz CT molecular complexity index is 667. The first-order valence-corrected chi connectivity index (χ1v) is 7.24. The summed E-state index contributed by atoms with van der Waals surface area (Å²) in [5.74, 6) is 0. The minimum absolute atomic E-state index is 0.128. The van der Waals surface area contributed by atoms with Crippen molar-refractivity contribution in [2.45, 2.75) is 6.54 Å². The average molecular weight is 472 g/mol. The van der Waals surface area contributed by atoms with E-state index in [1.807, 2.05) is 12.1 Å². The number of fused-ring (bicyclic) bond motifs is 1. The Balaban J connectivity index is 2.92. The van der Waals surface area contributed by atoms with Crippen LogP contribution >= 0.6 is 56.8 Å². The molecule has 0 radical (unpaired) electrons. The Morgan fingerprint density at radius 3 is 2.82 bits per heavy atom. The fourth-order valence-corrected chi connectivity index (χ4v) is 3.71. The van der Waals surface area contributed by atoms with Gasteiger partial charge in [0, 0.05) is 13.7 Å². The third-order valence-electron chi connectivity index (χ3n) is 2.24. The summed E-state index contributed by atoms with van der Waals surface area (Å²) in [7, 11) is 0. The maximum atomic E-state index is 12.2. The van der Waals surface area contributed by atoms with E-state index in [0.717, 1.165) is 7.14 Å². The van der Waals surface area contributed by atoms with Gasteiger partial charge in [-0.25, -0.2) is 4.98 Å². The second-order valence-electron chi connectivity index (χ2n) is 3.37. The van der Waals surface area contributed by atoms with Crippen LogP contribution in [0.25, 0.3) is 10.9 Å². The summed E-state index contributed by atoms with van der Waals surface area (Å²) in [6.45, 7) is 3.97. The van der Waals surface area contributed by atoms with Gasteiger partial charge in [-0.1, -0.05) is 6.08 Å². The summed E-state index contributed by atoms with van der Waals surface area (Å²) in [5, 5.41) is 0.786. The molecule has 0 aliphatic rings. The first kappa shape index (κ1) is 13.3. The molecule has 0 bridgehead atoms. The number of aromatic nitrogens is 2. The Kier molecular flexibility index (Phi) is 4.09. The summed E-state index contributed by atoms with van der Waals surface area (Å²) in [6.07, 6.45) is 1.62. The van der Waals surface area contributed by atoms with E-state index < -0.39 is 0 Å². The maximum absolute atomic E-state index is 12.2. The van der Waals surface area contributed by atoms with Crippen LogP contribution in [0.15, 0.2) is 29.6 Å². The van der Waals surface area contributed by atoms with Gasteiger partial charge in [0.05, 0.1) is 10.9 Å². The van der Waals surface area contributed by atoms with Gasteiger partial charge in [-0.3, -0.25) is 9.36 Å². The van der Waals surface area contributed by atoms with Crippen molar-refractivity contribution in [3.63, 3.8) is 0 Å². The Hall–Kier alpha value is -0.150. The molecule has 2 rings (SSSR count). The van der Waals surface area contributed by atoms with Crippen molar-refractivity contribution in [2.24, 2.45) is 0 Å². The molecule has 0 unspecified atom stereocenters. The van der Waals surface area contributed by atoms with Crippen molar-refractivity contribution in [1.82, 2.24) is 9.55 Å². The van der Waals surface area contributed by atoms with E-state index in [9.17, 15) is 4.79 Å². The first-order valence-electron chi connectivity index (χ1n) is 4.70. The second kappa shape index (κ2) is 5.23. The van der Waals surface area contributed by atoms with Crippen molar-refractivity contribution >= 4 is 67.7 Å². The standard InChI is InChI=1S/C11H7ClI2N2O/c1-2-3-16-10(17)7-4-6(13)5-8(14)9(7)15-11(16)12/h2,4-5H,1,3H2. The smallest absolute Gasteiger partial charge is 0.262 e. The second-order valence-corrected chi connectivity index (χ2v) is 6.11. The fraction of sp³-hybridized carbons (Fsp3) is 0.0909. The Morgan fingerprint density at radius 1 is 1.47 bits per heavy atom. The quantitative estimate of drug-likeness (QED) is 0.381. The molecule has 0 saturated heterocycles. The summed E-state index contributed by atoms with van der Waals surface area (Å²) >= 11 is 10.3. The molecule has 0 fully saturated rings. The van der Waals surface area contributed by atoms with Gasteiger partial charge in [-0.15, -0.1) is 6.58 Å². The summed E-state index contributed by atoms with van der Waals surface area (Å²) in [5.41, 5.74) is 0.526. The van der Waals surface area contributed by atoms with Gasteiger partial charge < -0.3 is 0 Å². The van der Waals surface area contributed by atoms with Gasteiger partial charge in [0.25, 0.3) is 5.56 Å². The van der Waals surface area contributed by atoms with E-state index >= 15 is 0 Å². The topological polar surface area (TPSA) is 34.9 Å². The van der Waals surface area contributed by atoms with Crippen molar-refractivity contribution in [3.8, 4) is 0 Å². The minimum atomic E-state index is -0.128. The van der Waals surface area contributed by atoms with Gasteiger partial charge in [-0.2, -0.15) is 0 Å². The average Bonchev–Trinajstić information content (AvgIpc) is 2.26. The summed E-state index contributed by atoms with van der Waals surface area (Å²) in [4.78, 5) is 16.5. The summed E-state index contributed by atoms with van der Waals surface area (Å²) in [6, 6.07) is 3.79. The number of benzene rings is 1. The van der Waals surface area contributed by atoms with E-state index in [-0.39, 0.29) is 10.8 Å². The molecule has 0 amide bonds. The summed E-state index contributed by atoms with van der Waals surface area (Å²) < 4.78 is 3.34. The monoisotopic (exact) mass is 472 g/mol. The highest BCUT2D eigenvalue weighted by atomic mass is 127. The van der Waals surface area contributed by atoms with Crippen LogP contribution in [0.5, 0.6) is 0 Å². The van der Waals surface area contributed by atoms with Crippen LogP contribution in [0.1, 0.15) is 0 Å². The van der Waals surface area contributed by atoms with Gasteiger partial charge in [0.2, 0.25) is 5.28 Å². The largest absolute Gasteiger partial charge is 0.279 e. The van der Waals surface area contributed by atoms with Crippen molar-refractivity contribution in [2.75, 3.05) is 0 Å². The van der Waals surface area contributed by atoms with E-state index in [0.29, 0.717) is 17.4 Å². The third kappa shape index (κ3) is 2.50. The number of hydrogen-bond acceptors (Lipinski definition) is 2. The SMILES string of the molecule is C=CCn1c(Cl)nc2c(I)cc(I)cc2c1=O. The number of rotatable bonds is 2. The normalized spacial score (nSPS) is 10.8. The van der Waals surface area contributed by atoms with Gasteiger partial charge in [0.1, 0.15) is 0 Å². The van der Waals surface area contributed by atoms with Crippen LogP contribution in [0.4, 0.5) is 0 Å². The molecular weight excluding hydrogens is 465 g/mol. The third-order valence-corrected chi connectivity index (χ3v) is 3.98. The lowest BCUT2D eigenvalue weighted by Gasteiger charge is -2.08. The molecule has 2 aromatic rings. The van der Waals surface area contributed by atoms with Crippen molar-refractivity contribution in [3.05, 3.63) is 47.6 Å². The van der Waals surface area contributed by atoms with E-state index in [2.05, 4.69) is 56.7 Å². The van der Waals surface area contributed by atoms with Gasteiger partial charge >= 0.3 is 0 Å². The van der Waals surface area contributed by atoms with Crippen LogP contribution in [-0.4, -0.2) is 9.55 Å². The Morgan fingerprint density at radius 2 is 2.18 bits per heavy atom. The molecule has 3 nitrogen and oxygen atoms in total. The molecule has 88 valence electrons. The lowest BCUT2D eigenvalue weighted by molar-refractivity contribution is 0.769. The fourth-order valence-electron chi connectivity index (χ4n) is 1.51. The van der Waals surface area contributed by atoms with Gasteiger partial charge in [-0.05, 0) is 68.9 Å². The molecule has 17 heavy (non-hydrogen) atoms. The molecule has 1 heterocycles. The van der Waals surface area contributed by atoms with Crippen LogP contribution in [-0.2, 0) is 6.54 Å². The van der Waals surface area contributed by atoms with Crippen LogP contribution < -0.4 is 5.56 Å². The lowest BCUT2D eigenvalue weighted by atomic mass is 10.2. The zero-order valence-electron chi connectivity index (χ0n) is 8.58. The van der Waals surface area contributed by atoms with E-state index in [1.54, 1.807) is 6.08 Å². The van der Waals surface area contributed by atoms with Crippen molar-refractivity contribution < 1.29 is 0 Å². The minimum Gasteiger partial charge on any atom is -0.279 e. The molecule has 1 aromatic heterocycles. The van der Waals surface area contributed by atoms with E-state index in [1.165, 1.54) is 4.57 Å². The number of halogens is 3. The molecule has 0 N–H and O–H groups in total. The number of allylic oxidation sites excluding steroid dienone is 1. The molecule has 6 heteroatoms. The molecular formula is C11H7ClI2N2O. The number of hydrogen-bond donors (Lipinski definition) is 0. The zero-order valence-corrected chi connectivity index (χ0v) is 13.7. The predicted molar refractivity (Wildman–Crippen MR) is 86.6 cm³/mol. The van der Waals surface area contributed by atoms with Crippen LogP contribution in [0, 0.1) is 7.14 Å². The van der Waals surface area contributed by atoms with Crippen LogP contribution in [0.2, 0.25) is 5.28 Å². The zero-order chi connectivity index (χ0) is 12.6. The molecule has 0 spiro atoms. The predicted octanol–water partition coefficient (Wildman–Crippen LogP) is 3.45. The molecule has 0 aliphatic carbocycles. The highest BCUT2D eigenvalue weighted by Crippen LogP contribution is 2.21. The Labute approximate surface area is 130 Å². The number of nitrogens with zero attached hydrogens (tertiary/aromatic N) is 2. The molecule has 0 atom stereocenters. The first-order chi connectivity index (χ1) is 8.04.